The Hall–Kier alpha value is -3.15. The highest BCUT2D eigenvalue weighted by atomic mass is 32.2. The van der Waals surface area contributed by atoms with Crippen LogP contribution >= 0.6 is 0 Å². The van der Waals surface area contributed by atoms with E-state index < -0.39 is 16.1 Å². The SMILES string of the molecule is COc1nc(NC(=O)NS(=O)(=O)c2ccccc2OCC2CC2)nc(OC)n1. The molecule has 1 fully saturated rings. The molecule has 2 N–H and O–H groups in total. The summed E-state index contributed by atoms with van der Waals surface area (Å²) in [5.41, 5.74) is 0. The number of nitrogens with one attached hydrogen (secondary N) is 2. The lowest BCUT2D eigenvalue weighted by molar-refractivity contribution is 0.256. The molecule has 2 amide bonds. The summed E-state index contributed by atoms with van der Waals surface area (Å²) < 4.78 is 42.4. The van der Waals surface area contributed by atoms with Crippen molar-refractivity contribution in [1.82, 2.24) is 19.7 Å². The van der Waals surface area contributed by atoms with Crippen molar-refractivity contribution in [1.29, 1.82) is 0 Å². The van der Waals surface area contributed by atoms with E-state index in [4.69, 9.17) is 14.2 Å². The van der Waals surface area contributed by atoms with Crippen molar-refractivity contribution >= 4 is 22.0 Å². The first kappa shape index (κ1) is 19.6. The van der Waals surface area contributed by atoms with Crippen molar-refractivity contribution in [3.05, 3.63) is 24.3 Å². The van der Waals surface area contributed by atoms with Gasteiger partial charge in [-0.2, -0.15) is 9.97 Å². The third kappa shape index (κ3) is 4.97. The van der Waals surface area contributed by atoms with Crippen LogP contribution < -0.4 is 24.2 Å². The van der Waals surface area contributed by atoms with E-state index in [2.05, 4.69) is 20.3 Å². The van der Waals surface area contributed by atoms with E-state index in [0.29, 0.717) is 12.5 Å². The van der Waals surface area contributed by atoms with Crippen molar-refractivity contribution < 1.29 is 27.4 Å². The van der Waals surface area contributed by atoms with Gasteiger partial charge in [-0.1, -0.05) is 12.1 Å². The quantitative estimate of drug-likeness (QED) is 0.657. The van der Waals surface area contributed by atoms with Crippen LogP contribution in [0.5, 0.6) is 17.8 Å². The van der Waals surface area contributed by atoms with Crippen molar-refractivity contribution in [3.63, 3.8) is 0 Å². The van der Waals surface area contributed by atoms with Gasteiger partial charge in [0.1, 0.15) is 10.6 Å². The third-order valence-electron chi connectivity index (χ3n) is 3.72. The Morgan fingerprint density at radius 2 is 1.75 bits per heavy atom. The summed E-state index contributed by atoms with van der Waals surface area (Å²) in [5.74, 6) is 0.383. The number of aromatic nitrogens is 3. The van der Waals surface area contributed by atoms with Gasteiger partial charge in [0.05, 0.1) is 20.8 Å². The fraction of sp³-hybridized carbons (Fsp3) is 0.375. The predicted molar refractivity (Wildman–Crippen MR) is 96.9 cm³/mol. The first-order valence-corrected chi connectivity index (χ1v) is 9.79. The molecule has 1 aromatic carbocycles. The zero-order valence-electron chi connectivity index (χ0n) is 15.2. The maximum atomic E-state index is 12.6. The second-order valence-corrected chi connectivity index (χ2v) is 7.54. The minimum absolute atomic E-state index is 0.108. The minimum Gasteiger partial charge on any atom is -0.492 e. The Morgan fingerprint density at radius 3 is 2.36 bits per heavy atom. The fourth-order valence-corrected chi connectivity index (χ4v) is 3.22. The molecule has 1 heterocycles. The number of anilines is 1. The molecule has 1 aliphatic carbocycles. The summed E-state index contributed by atoms with van der Waals surface area (Å²) in [4.78, 5) is 23.4. The molecule has 28 heavy (non-hydrogen) atoms. The van der Waals surface area contributed by atoms with Gasteiger partial charge >= 0.3 is 18.1 Å². The number of sulfonamides is 1. The average Bonchev–Trinajstić information content (AvgIpc) is 3.50. The monoisotopic (exact) mass is 409 g/mol. The molecular formula is C16H19N5O6S. The molecule has 3 rings (SSSR count). The molecule has 0 aliphatic heterocycles. The zero-order chi connectivity index (χ0) is 20.1. The smallest absolute Gasteiger partial charge is 0.335 e. The number of carbonyl (C=O) groups is 1. The lowest BCUT2D eigenvalue weighted by atomic mass is 10.3. The maximum Gasteiger partial charge on any atom is 0.335 e. The minimum atomic E-state index is -4.19. The number of methoxy groups -OCH3 is 2. The van der Waals surface area contributed by atoms with Crippen LogP contribution in [0.25, 0.3) is 0 Å². The van der Waals surface area contributed by atoms with E-state index in [0.717, 1.165) is 12.8 Å². The number of benzene rings is 1. The Bertz CT molecular complexity index is 941. The van der Waals surface area contributed by atoms with E-state index in [9.17, 15) is 13.2 Å². The molecule has 1 saturated carbocycles. The van der Waals surface area contributed by atoms with Crippen LogP contribution in [0, 0.1) is 5.92 Å². The van der Waals surface area contributed by atoms with Gasteiger partial charge < -0.3 is 14.2 Å². The van der Waals surface area contributed by atoms with Crippen molar-refractivity contribution in [3.8, 4) is 17.8 Å². The average molecular weight is 409 g/mol. The molecular weight excluding hydrogens is 390 g/mol. The maximum absolute atomic E-state index is 12.6. The van der Waals surface area contributed by atoms with Crippen LogP contribution in [0.3, 0.4) is 0 Å². The van der Waals surface area contributed by atoms with Crippen molar-refractivity contribution in [2.24, 2.45) is 5.92 Å². The summed E-state index contributed by atoms with van der Waals surface area (Å²) in [6.45, 7) is 0.434. The molecule has 150 valence electrons. The number of rotatable bonds is 8. The normalized spacial score (nSPS) is 13.5. The molecule has 0 bridgehead atoms. The molecule has 2 aromatic rings. The van der Waals surface area contributed by atoms with Gasteiger partial charge in [0.15, 0.2) is 0 Å². The van der Waals surface area contributed by atoms with Gasteiger partial charge in [0.2, 0.25) is 5.95 Å². The Balaban J connectivity index is 1.73. The molecule has 11 nitrogen and oxygen atoms in total. The number of urea groups is 1. The van der Waals surface area contributed by atoms with E-state index >= 15 is 0 Å². The highest BCUT2D eigenvalue weighted by Crippen LogP contribution is 2.31. The van der Waals surface area contributed by atoms with Gasteiger partial charge in [0.25, 0.3) is 10.0 Å². The second-order valence-electron chi connectivity index (χ2n) is 5.89. The van der Waals surface area contributed by atoms with E-state index in [1.807, 2.05) is 4.72 Å². The number of hydrogen-bond donors (Lipinski definition) is 2. The van der Waals surface area contributed by atoms with E-state index in [-0.39, 0.29) is 28.6 Å². The number of nitrogens with zero attached hydrogens (tertiary/aromatic N) is 3. The molecule has 12 heteroatoms. The number of ether oxygens (including phenoxy) is 3. The number of carbonyl (C=O) groups excluding carboxylic acids is 1. The molecule has 0 atom stereocenters. The van der Waals surface area contributed by atoms with Crippen LogP contribution in [0.1, 0.15) is 12.8 Å². The van der Waals surface area contributed by atoms with Crippen LogP contribution in [0.2, 0.25) is 0 Å². The fourth-order valence-electron chi connectivity index (χ4n) is 2.16. The molecule has 1 aliphatic rings. The first-order chi connectivity index (χ1) is 13.4. The van der Waals surface area contributed by atoms with Gasteiger partial charge in [-0.15, -0.1) is 4.98 Å². The van der Waals surface area contributed by atoms with Gasteiger partial charge in [-0.05, 0) is 30.9 Å². The molecule has 0 saturated heterocycles. The van der Waals surface area contributed by atoms with Crippen molar-refractivity contribution in [2.75, 3.05) is 26.1 Å². The van der Waals surface area contributed by atoms with Gasteiger partial charge in [-0.25, -0.2) is 17.9 Å². The highest BCUT2D eigenvalue weighted by Gasteiger charge is 2.26. The van der Waals surface area contributed by atoms with Crippen LogP contribution in [0.15, 0.2) is 29.2 Å². The standard InChI is InChI=1S/C16H19N5O6S/c1-25-15-18-13(19-16(20-15)26-2)17-14(22)21-28(23,24)12-6-4-3-5-11(12)27-9-10-7-8-10/h3-6,10H,7-9H2,1-2H3,(H2,17,18,19,20,21,22). The van der Waals surface area contributed by atoms with Gasteiger partial charge in [0, 0.05) is 0 Å². The Kier molecular flexibility index (Phi) is 5.78. The first-order valence-electron chi connectivity index (χ1n) is 8.31. The summed E-state index contributed by atoms with van der Waals surface area (Å²) in [7, 11) is -1.55. The van der Waals surface area contributed by atoms with Crippen LogP contribution in [-0.4, -0.2) is 50.2 Å². The zero-order valence-corrected chi connectivity index (χ0v) is 16.0. The number of hydrogen-bond acceptors (Lipinski definition) is 9. The lowest BCUT2D eigenvalue weighted by Gasteiger charge is -2.13. The van der Waals surface area contributed by atoms with E-state index in [1.165, 1.54) is 32.4 Å². The Morgan fingerprint density at radius 1 is 1.11 bits per heavy atom. The lowest BCUT2D eigenvalue weighted by Crippen LogP contribution is -2.35. The Labute approximate surface area is 161 Å². The van der Waals surface area contributed by atoms with Crippen LogP contribution in [0.4, 0.5) is 10.7 Å². The largest absolute Gasteiger partial charge is 0.492 e. The topological polar surface area (TPSA) is 142 Å². The summed E-state index contributed by atoms with van der Waals surface area (Å²) in [5, 5.41) is 2.20. The summed E-state index contributed by atoms with van der Waals surface area (Å²) in [6, 6.07) is 4.81. The molecule has 0 radical (unpaired) electrons. The summed E-state index contributed by atoms with van der Waals surface area (Å²) in [6.07, 6.45) is 2.13. The highest BCUT2D eigenvalue weighted by molar-refractivity contribution is 7.90. The second kappa shape index (κ2) is 8.25. The van der Waals surface area contributed by atoms with Crippen molar-refractivity contribution in [2.45, 2.75) is 17.7 Å². The number of amides is 2. The summed E-state index contributed by atoms with van der Waals surface area (Å²) >= 11 is 0. The van der Waals surface area contributed by atoms with Crippen LogP contribution in [-0.2, 0) is 10.0 Å². The predicted octanol–water partition coefficient (Wildman–Crippen LogP) is 1.19. The van der Waals surface area contributed by atoms with Gasteiger partial charge in [-0.3, -0.25) is 5.32 Å². The number of para-hydroxylation sites is 1. The molecule has 1 aromatic heterocycles. The molecule has 0 spiro atoms. The molecule has 0 unspecified atom stereocenters. The third-order valence-corrected chi connectivity index (χ3v) is 5.09. The van der Waals surface area contributed by atoms with E-state index in [1.54, 1.807) is 6.07 Å².